The number of hydrogen-bond acceptors (Lipinski definition) is 4. The molecule has 3 aromatic rings. The summed E-state index contributed by atoms with van der Waals surface area (Å²) in [6.45, 7) is 1.94. The number of hydrazone groups is 1. The number of carbonyl (C=O) groups is 1. The number of nitrogens with zero attached hydrogens (tertiary/aromatic N) is 1. The van der Waals surface area contributed by atoms with Crippen molar-refractivity contribution in [1.82, 2.24) is 5.43 Å². The number of benzene rings is 3. The summed E-state index contributed by atoms with van der Waals surface area (Å²) in [4.78, 5) is 11.9. The molecule has 0 radical (unpaired) electrons. The number of phenolic OH excluding ortho intramolecular Hbond substituents is 1. The van der Waals surface area contributed by atoms with Gasteiger partial charge in [0.1, 0.15) is 11.5 Å². The van der Waals surface area contributed by atoms with Gasteiger partial charge in [-0.05, 0) is 41.0 Å². The van der Waals surface area contributed by atoms with Gasteiger partial charge in [0.15, 0.2) is 6.61 Å². The fraction of sp³-hybridized carbons (Fsp3) is 0.143. The van der Waals surface area contributed by atoms with Crippen molar-refractivity contribution in [2.75, 3.05) is 6.61 Å². The number of ether oxygens (including phenoxy) is 1. The molecule has 0 aromatic heterocycles. The summed E-state index contributed by atoms with van der Waals surface area (Å²) in [5.74, 6) is 0.363. The van der Waals surface area contributed by atoms with Gasteiger partial charge < -0.3 is 9.84 Å². The number of amides is 1. The summed E-state index contributed by atoms with van der Waals surface area (Å²) in [5, 5.41) is 15.8. The average Bonchev–Trinajstić information content (AvgIpc) is 2.68. The molecule has 2 N–H and O–H groups in total. The lowest BCUT2D eigenvalue weighted by Crippen LogP contribution is -2.24. The van der Waals surface area contributed by atoms with Gasteiger partial charge in [0, 0.05) is 5.56 Å². The predicted molar refractivity (Wildman–Crippen MR) is 103 cm³/mol. The lowest BCUT2D eigenvalue weighted by Gasteiger charge is -2.06. The van der Waals surface area contributed by atoms with Crippen molar-refractivity contribution in [3.63, 3.8) is 0 Å². The minimum Gasteiger partial charge on any atom is -0.507 e. The van der Waals surface area contributed by atoms with Gasteiger partial charge in [-0.1, -0.05) is 49.4 Å². The maximum Gasteiger partial charge on any atom is 0.277 e. The molecule has 0 aliphatic heterocycles. The van der Waals surface area contributed by atoms with E-state index in [2.05, 4.69) is 17.5 Å². The summed E-state index contributed by atoms with van der Waals surface area (Å²) < 4.78 is 5.43. The summed E-state index contributed by atoms with van der Waals surface area (Å²) >= 11 is 0. The van der Waals surface area contributed by atoms with Crippen molar-refractivity contribution < 1.29 is 14.6 Å². The quantitative estimate of drug-likeness (QED) is 0.528. The predicted octanol–water partition coefficient (Wildman–Crippen LogP) is 3.64. The van der Waals surface area contributed by atoms with Crippen molar-refractivity contribution in [1.29, 1.82) is 0 Å². The lowest BCUT2D eigenvalue weighted by atomic mass is 10.0. The second-order valence-corrected chi connectivity index (χ2v) is 5.80. The molecule has 0 atom stereocenters. The molecule has 0 aliphatic rings. The molecule has 0 heterocycles. The highest BCUT2D eigenvalue weighted by atomic mass is 16.5. The fourth-order valence-electron chi connectivity index (χ4n) is 2.59. The van der Waals surface area contributed by atoms with Crippen molar-refractivity contribution >= 4 is 22.9 Å². The molecule has 132 valence electrons. The Morgan fingerprint density at radius 1 is 1.12 bits per heavy atom. The number of carbonyl (C=O) groups excluding carboxylic acids is 1. The van der Waals surface area contributed by atoms with Gasteiger partial charge >= 0.3 is 0 Å². The van der Waals surface area contributed by atoms with Crippen molar-refractivity contribution in [3.05, 3.63) is 71.8 Å². The van der Waals surface area contributed by atoms with Crippen LogP contribution in [0.3, 0.4) is 0 Å². The van der Waals surface area contributed by atoms with Gasteiger partial charge in [-0.15, -0.1) is 0 Å². The number of aryl methyl sites for hydroxylation is 1. The third kappa shape index (κ3) is 4.19. The molecule has 1 amide bonds. The number of nitrogens with one attached hydrogen (secondary N) is 1. The van der Waals surface area contributed by atoms with Crippen LogP contribution in [0.5, 0.6) is 11.5 Å². The molecule has 5 nitrogen and oxygen atoms in total. The number of hydrogen-bond donors (Lipinski definition) is 2. The standard InChI is InChI=1S/C21H20N2O3/c1-2-15-7-10-17(11-8-15)26-14-21(25)23-22-13-19-18-6-4-3-5-16(18)9-12-20(19)24/h3-13,24H,2,14H2,1H3,(H,23,25)/b22-13-. The van der Waals surface area contributed by atoms with Crippen molar-refractivity contribution in [3.8, 4) is 11.5 Å². The van der Waals surface area contributed by atoms with Crippen LogP contribution in [0.2, 0.25) is 0 Å². The Bertz CT molecular complexity index is 934. The molecule has 3 aromatic carbocycles. The highest BCUT2D eigenvalue weighted by Gasteiger charge is 2.05. The molecular weight excluding hydrogens is 328 g/mol. The van der Waals surface area contributed by atoms with Gasteiger partial charge in [-0.3, -0.25) is 4.79 Å². The van der Waals surface area contributed by atoms with E-state index in [1.807, 2.05) is 54.6 Å². The fourth-order valence-corrected chi connectivity index (χ4v) is 2.59. The van der Waals surface area contributed by atoms with E-state index in [-0.39, 0.29) is 18.3 Å². The van der Waals surface area contributed by atoms with Crippen molar-refractivity contribution in [2.24, 2.45) is 5.10 Å². The van der Waals surface area contributed by atoms with Gasteiger partial charge in [-0.25, -0.2) is 5.43 Å². The minimum absolute atomic E-state index is 0.106. The Labute approximate surface area is 151 Å². The summed E-state index contributed by atoms with van der Waals surface area (Å²) in [5.41, 5.74) is 4.17. The third-order valence-electron chi connectivity index (χ3n) is 4.03. The van der Waals surface area contributed by atoms with E-state index in [9.17, 15) is 9.90 Å². The molecule has 0 spiro atoms. The normalized spacial score (nSPS) is 11.0. The molecule has 0 bridgehead atoms. The number of fused-ring (bicyclic) bond motifs is 1. The van der Waals surface area contributed by atoms with E-state index in [1.54, 1.807) is 6.07 Å². The number of rotatable bonds is 6. The van der Waals surface area contributed by atoms with Crippen LogP contribution in [0.4, 0.5) is 0 Å². The minimum atomic E-state index is -0.374. The Morgan fingerprint density at radius 3 is 2.65 bits per heavy atom. The first-order valence-corrected chi connectivity index (χ1v) is 8.41. The summed E-state index contributed by atoms with van der Waals surface area (Å²) in [7, 11) is 0. The zero-order chi connectivity index (χ0) is 18.4. The smallest absolute Gasteiger partial charge is 0.277 e. The van der Waals surface area contributed by atoms with E-state index < -0.39 is 0 Å². The van der Waals surface area contributed by atoms with Gasteiger partial charge in [0.25, 0.3) is 5.91 Å². The van der Waals surface area contributed by atoms with Crippen LogP contribution in [-0.4, -0.2) is 23.8 Å². The van der Waals surface area contributed by atoms with Crippen LogP contribution in [-0.2, 0) is 11.2 Å². The Kier molecular flexibility index (Phi) is 5.49. The zero-order valence-corrected chi connectivity index (χ0v) is 14.5. The van der Waals surface area contributed by atoms with Gasteiger partial charge in [-0.2, -0.15) is 5.10 Å². The first kappa shape index (κ1) is 17.5. The lowest BCUT2D eigenvalue weighted by molar-refractivity contribution is -0.123. The van der Waals surface area contributed by atoms with E-state index >= 15 is 0 Å². The molecule has 0 saturated heterocycles. The van der Waals surface area contributed by atoms with Crippen LogP contribution >= 0.6 is 0 Å². The van der Waals surface area contributed by atoms with Crippen molar-refractivity contribution in [2.45, 2.75) is 13.3 Å². The van der Waals surface area contributed by atoms with E-state index in [0.717, 1.165) is 17.2 Å². The second-order valence-electron chi connectivity index (χ2n) is 5.80. The van der Waals surface area contributed by atoms with E-state index in [1.165, 1.54) is 11.8 Å². The maximum absolute atomic E-state index is 11.9. The Hall–Kier alpha value is -3.34. The van der Waals surface area contributed by atoms with Crippen LogP contribution in [0, 0.1) is 0 Å². The molecule has 0 fully saturated rings. The van der Waals surface area contributed by atoms with Crippen LogP contribution in [0.25, 0.3) is 10.8 Å². The molecular formula is C21H20N2O3. The molecule has 3 rings (SSSR count). The Morgan fingerprint density at radius 2 is 1.88 bits per heavy atom. The molecule has 26 heavy (non-hydrogen) atoms. The number of phenols is 1. The average molecular weight is 348 g/mol. The molecule has 5 heteroatoms. The van der Waals surface area contributed by atoms with Gasteiger partial charge in [0.2, 0.25) is 0 Å². The van der Waals surface area contributed by atoms with Gasteiger partial charge in [0.05, 0.1) is 6.21 Å². The monoisotopic (exact) mass is 348 g/mol. The SMILES string of the molecule is CCc1ccc(OCC(=O)N/N=C\c2c(O)ccc3ccccc23)cc1. The summed E-state index contributed by atoms with van der Waals surface area (Å²) in [6.07, 6.45) is 2.39. The second kappa shape index (κ2) is 8.16. The first-order valence-electron chi connectivity index (χ1n) is 8.41. The van der Waals surface area contributed by atoms with Crippen LogP contribution in [0.1, 0.15) is 18.1 Å². The highest BCUT2D eigenvalue weighted by Crippen LogP contribution is 2.25. The first-order chi connectivity index (χ1) is 12.7. The molecule has 0 saturated carbocycles. The molecule has 0 aliphatic carbocycles. The molecule has 0 unspecified atom stereocenters. The van der Waals surface area contributed by atoms with E-state index in [0.29, 0.717) is 11.3 Å². The largest absolute Gasteiger partial charge is 0.507 e. The zero-order valence-electron chi connectivity index (χ0n) is 14.5. The highest BCUT2D eigenvalue weighted by molar-refractivity contribution is 6.02. The number of aromatic hydroxyl groups is 1. The van der Waals surface area contributed by atoms with Crippen LogP contribution in [0.15, 0.2) is 65.8 Å². The topological polar surface area (TPSA) is 70.9 Å². The Balaban J connectivity index is 1.60. The van der Waals surface area contributed by atoms with E-state index in [4.69, 9.17) is 4.74 Å². The maximum atomic E-state index is 11.9. The summed E-state index contributed by atoms with van der Waals surface area (Å²) in [6, 6.07) is 18.7. The van der Waals surface area contributed by atoms with Crippen LogP contribution < -0.4 is 10.2 Å². The third-order valence-corrected chi connectivity index (χ3v) is 4.03.